The molecule has 0 spiro atoms. The Balaban J connectivity index is 2.71. The molecule has 1 amide bonds. The SMILES string of the molecule is CC(C)[C@H](NC(=O)CS(=O)(=O)Cc1cccc(Br)c1)C(=O)O. The van der Waals surface area contributed by atoms with E-state index in [4.69, 9.17) is 5.11 Å². The monoisotopic (exact) mass is 391 g/mol. The van der Waals surface area contributed by atoms with Crippen LogP contribution in [-0.2, 0) is 25.2 Å². The number of hydrogen-bond donors (Lipinski definition) is 2. The first-order valence-corrected chi connectivity index (χ1v) is 9.19. The van der Waals surface area contributed by atoms with Gasteiger partial charge in [0, 0.05) is 4.47 Å². The van der Waals surface area contributed by atoms with Crippen LogP contribution < -0.4 is 5.32 Å². The van der Waals surface area contributed by atoms with Crippen molar-refractivity contribution in [2.24, 2.45) is 5.92 Å². The normalized spacial score (nSPS) is 12.9. The first-order chi connectivity index (χ1) is 10.1. The molecule has 0 aliphatic rings. The van der Waals surface area contributed by atoms with E-state index in [0.29, 0.717) is 5.56 Å². The predicted molar refractivity (Wildman–Crippen MR) is 86.0 cm³/mol. The highest BCUT2D eigenvalue weighted by atomic mass is 79.9. The number of carbonyl (C=O) groups is 2. The molecular weight excluding hydrogens is 374 g/mol. The van der Waals surface area contributed by atoms with E-state index in [1.807, 2.05) is 0 Å². The molecule has 0 saturated carbocycles. The third kappa shape index (κ3) is 6.15. The van der Waals surface area contributed by atoms with Crippen molar-refractivity contribution < 1.29 is 23.1 Å². The van der Waals surface area contributed by atoms with Crippen molar-refractivity contribution in [2.45, 2.75) is 25.6 Å². The Morgan fingerprint density at radius 3 is 2.45 bits per heavy atom. The van der Waals surface area contributed by atoms with Crippen LogP contribution in [0.4, 0.5) is 0 Å². The maximum atomic E-state index is 12.0. The molecule has 0 aliphatic heterocycles. The molecule has 2 N–H and O–H groups in total. The lowest BCUT2D eigenvalue weighted by Crippen LogP contribution is -2.46. The summed E-state index contributed by atoms with van der Waals surface area (Å²) < 4.78 is 24.8. The van der Waals surface area contributed by atoms with E-state index < -0.39 is 33.5 Å². The van der Waals surface area contributed by atoms with E-state index in [1.54, 1.807) is 38.1 Å². The summed E-state index contributed by atoms with van der Waals surface area (Å²) in [5.74, 6) is -3.35. The molecule has 0 radical (unpaired) electrons. The van der Waals surface area contributed by atoms with Crippen LogP contribution in [0.3, 0.4) is 0 Å². The Morgan fingerprint density at radius 1 is 1.32 bits per heavy atom. The van der Waals surface area contributed by atoms with Crippen molar-refractivity contribution in [3.05, 3.63) is 34.3 Å². The van der Waals surface area contributed by atoms with Gasteiger partial charge in [0.2, 0.25) is 5.91 Å². The first kappa shape index (κ1) is 18.6. The minimum Gasteiger partial charge on any atom is -0.480 e. The minimum atomic E-state index is -3.67. The molecule has 0 saturated heterocycles. The van der Waals surface area contributed by atoms with Crippen molar-refractivity contribution in [2.75, 3.05) is 5.75 Å². The Labute approximate surface area is 138 Å². The van der Waals surface area contributed by atoms with Crippen LogP contribution in [0.15, 0.2) is 28.7 Å². The number of nitrogens with one attached hydrogen (secondary N) is 1. The number of carbonyl (C=O) groups excluding carboxylic acids is 1. The van der Waals surface area contributed by atoms with Gasteiger partial charge in [-0.2, -0.15) is 0 Å². The quantitative estimate of drug-likeness (QED) is 0.734. The smallest absolute Gasteiger partial charge is 0.326 e. The second kappa shape index (κ2) is 7.73. The van der Waals surface area contributed by atoms with Gasteiger partial charge in [-0.15, -0.1) is 0 Å². The van der Waals surface area contributed by atoms with Crippen LogP contribution in [0.2, 0.25) is 0 Å². The van der Waals surface area contributed by atoms with Crippen molar-refractivity contribution in [1.29, 1.82) is 0 Å². The fourth-order valence-electron chi connectivity index (χ4n) is 1.86. The molecule has 1 aromatic rings. The van der Waals surface area contributed by atoms with Crippen LogP contribution in [0.25, 0.3) is 0 Å². The van der Waals surface area contributed by atoms with E-state index in [0.717, 1.165) is 4.47 Å². The van der Waals surface area contributed by atoms with Gasteiger partial charge in [-0.3, -0.25) is 4.79 Å². The van der Waals surface area contributed by atoms with Gasteiger partial charge in [0.05, 0.1) is 5.75 Å². The van der Waals surface area contributed by atoms with Crippen LogP contribution in [0.1, 0.15) is 19.4 Å². The molecule has 0 unspecified atom stereocenters. The number of benzene rings is 1. The summed E-state index contributed by atoms with van der Waals surface area (Å²) in [6, 6.07) is 5.67. The molecule has 0 heterocycles. The van der Waals surface area contributed by atoms with Crippen molar-refractivity contribution in [3.8, 4) is 0 Å². The molecule has 1 aromatic carbocycles. The average molecular weight is 392 g/mol. The zero-order valence-electron chi connectivity index (χ0n) is 12.2. The standard InChI is InChI=1S/C14H18BrNO5S/c1-9(2)13(14(18)19)16-12(17)8-22(20,21)7-10-4-3-5-11(15)6-10/h3-6,9,13H,7-8H2,1-2H3,(H,16,17)(H,18,19)/t13-/m0/s1. The lowest BCUT2D eigenvalue weighted by atomic mass is 10.1. The summed E-state index contributed by atoms with van der Waals surface area (Å²) in [6.07, 6.45) is 0. The van der Waals surface area contributed by atoms with E-state index in [9.17, 15) is 18.0 Å². The van der Waals surface area contributed by atoms with Crippen LogP contribution in [0.5, 0.6) is 0 Å². The highest BCUT2D eigenvalue weighted by molar-refractivity contribution is 9.10. The van der Waals surface area contributed by atoms with Crippen molar-refractivity contribution >= 4 is 37.6 Å². The lowest BCUT2D eigenvalue weighted by molar-refractivity contribution is -0.142. The maximum absolute atomic E-state index is 12.0. The maximum Gasteiger partial charge on any atom is 0.326 e. The number of aliphatic carboxylic acids is 1. The molecule has 0 aromatic heterocycles. The van der Waals surface area contributed by atoms with Crippen LogP contribution >= 0.6 is 15.9 Å². The largest absolute Gasteiger partial charge is 0.480 e. The van der Waals surface area contributed by atoms with Gasteiger partial charge in [-0.05, 0) is 23.6 Å². The molecule has 122 valence electrons. The highest BCUT2D eigenvalue weighted by Crippen LogP contribution is 2.14. The Kier molecular flexibility index (Phi) is 6.55. The first-order valence-electron chi connectivity index (χ1n) is 6.58. The number of carboxylic acid groups (broad SMARTS) is 1. The minimum absolute atomic E-state index is 0.278. The summed E-state index contributed by atoms with van der Waals surface area (Å²) in [5, 5.41) is 11.2. The zero-order chi connectivity index (χ0) is 16.9. The number of sulfone groups is 1. The fraction of sp³-hybridized carbons (Fsp3) is 0.429. The topological polar surface area (TPSA) is 101 Å². The Hall–Kier alpha value is -1.41. The molecule has 8 heteroatoms. The number of hydrogen-bond acceptors (Lipinski definition) is 4. The molecule has 0 aliphatic carbocycles. The highest BCUT2D eigenvalue weighted by Gasteiger charge is 2.26. The molecule has 1 rings (SSSR count). The third-order valence-corrected chi connectivity index (χ3v) is 4.84. The van der Waals surface area contributed by atoms with E-state index in [2.05, 4.69) is 21.2 Å². The van der Waals surface area contributed by atoms with Gasteiger partial charge in [-0.1, -0.05) is 41.9 Å². The van der Waals surface area contributed by atoms with Gasteiger partial charge in [0.15, 0.2) is 9.84 Å². The Morgan fingerprint density at radius 2 is 1.95 bits per heavy atom. The van der Waals surface area contributed by atoms with Gasteiger partial charge >= 0.3 is 5.97 Å². The van der Waals surface area contributed by atoms with Gasteiger partial charge in [-0.25, -0.2) is 13.2 Å². The average Bonchev–Trinajstić information content (AvgIpc) is 2.33. The number of carboxylic acids is 1. The zero-order valence-corrected chi connectivity index (χ0v) is 14.6. The summed E-state index contributed by atoms with van der Waals surface area (Å²) in [6.45, 7) is 3.27. The van der Waals surface area contributed by atoms with Gasteiger partial charge in [0.1, 0.15) is 11.8 Å². The third-order valence-electron chi connectivity index (χ3n) is 2.88. The fourth-order valence-corrected chi connectivity index (χ4v) is 3.58. The van der Waals surface area contributed by atoms with Gasteiger partial charge < -0.3 is 10.4 Å². The molecular formula is C14H18BrNO5S. The van der Waals surface area contributed by atoms with Crippen molar-refractivity contribution in [1.82, 2.24) is 5.32 Å². The number of halogens is 1. The predicted octanol–water partition coefficient (Wildman–Crippen LogP) is 1.59. The molecule has 0 fully saturated rings. The van der Waals surface area contributed by atoms with Crippen molar-refractivity contribution in [3.63, 3.8) is 0 Å². The summed E-state index contributed by atoms with van der Waals surface area (Å²) >= 11 is 3.25. The molecule has 1 atom stereocenters. The molecule has 22 heavy (non-hydrogen) atoms. The lowest BCUT2D eigenvalue weighted by Gasteiger charge is -2.17. The number of amides is 1. The summed E-state index contributed by atoms with van der Waals surface area (Å²) in [7, 11) is -3.67. The van der Waals surface area contributed by atoms with Crippen LogP contribution in [0, 0.1) is 5.92 Å². The van der Waals surface area contributed by atoms with E-state index in [-0.39, 0.29) is 11.7 Å². The van der Waals surface area contributed by atoms with Crippen LogP contribution in [-0.4, -0.2) is 37.2 Å². The second-order valence-electron chi connectivity index (χ2n) is 5.29. The number of rotatable bonds is 7. The Bertz CT molecular complexity index is 657. The molecule has 6 nitrogen and oxygen atoms in total. The van der Waals surface area contributed by atoms with E-state index >= 15 is 0 Å². The second-order valence-corrected chi connectivity index (χ2v) is 8.27. The summed E-state index contributed by atoms with van der Waals surface area (Å²) in [4.78, 5) is 22.8. The summed E-state index contributed by atoms with van der Waals surface area (Å²) in [5.41, 5.74) is 0.556. The van der Waals surface area contributed by atoms with E-state index in [1.165, 1.54) is 0 Å². The van der Waals surface area contributed by atoms with Gasteiger partial charge in [0.25, 0.3) is 0 Å². The molecule has 0 bridgehead atoms.